The Morgan fingerprint density at radius 2 is 1.59 bits per heavy atom. The molecule has 0 N–H and O–H groups in total. The van der Waals surface area contributed by atoms with Crippen molar-refractivity contribution >= 4 is 11.9 Å². The van der Waals surface area contributed by atoms with Gasteiger partial charge in [-0.25, -0.2) is 0 Å². The summed E-state index contributed by atoms with van der Waals surface area (Å²) >= 11 is 0. The molecule has 0 fully saturated rings. The second-order valence-corrected chi connectivity index (χ2v) is 7.84. The van der Waals surface area contributed by atoms with Crippen LogP contribution in [-0.4, -0.2) is 11.9 Å². The predicted molar refractivity (Wildman–Crippen MR) is 88.4 cm³/mol. The summed E-state index contributed by atoms with van der Waals surface area (Å²) in [4.78, 5) is 22.7. The second-order valence-electron chi connectivity index (χ2n) is 7.84. The van der Waals surface area contributed by atoms with Crippen LogP contribution < -0.4 is 0 Å². The maximum absolute atomic E-state index is 11.8. The van der Waals surface area contributed by atoms with Crippen molar-refractivity contribution in [1.29, 1.82) is 0 Å². The fraction of sp³-hybridized carbons (Fsp3) is 0.579. The third kappa shape index (κ3) is 6.00. The SMILES string of the molecule is CC(=O)OC(=O)CC(C)(C)CC(c1ccccc1)C(C)(C)C. The van der Waals surface area contributed by atoms with Gasteiger partial charge < -0.3 is 4.74 Å². The van der Waals surface area contributed by atoms with Gasteiger partial charge in [0.05, 0.1) is 6.42 Å². The largest absolute Gasteiger partial charge is 0.393 e. The van der Waals surface area contributed by atoms with E-state index >= 15 is 0 Å². The fourth-order valence-electron chi connectivity index (χ4n) is 2.82. The molecule has 1 aromatic rings. The molecule has 0 radical (unpaired) electrons. The maximum Gasteiger partial charge on any atom is 0.313 e. The lowest BCUT2D eigenvalue weighted by Gasteiger charge is -2.37. The average Bonchev–Trinajstić information content (AvgIpc) is 2.34. The van der Waals surface area contributed by atoms with Gasteiger partial charge in [0.25, 0.3) is 0 Å². The Balaban J connectivity index is 2.90. The smallest absolute Gasteiger partial charge is 0.313 e. The molecule has 22 heavy (non-hydrogen) atoms. The molecule has 1 rings (SSSR count). The van der Waals surface area contributed by atoms with Crippen molar-refractivity contribution in [2.24, 2.45) is 10.8 Å². The van der Waals surface area contributed by atoms with Crippen molar-refractivity contribution in [2.75, 3.05) is 0 Å². The predicted octanol–water partition coefficient (Wildman–Crippen LogP) is 4.71. The Kier molecular flexibility index (Phi) is 5.92. The number of ether oxygens (including phenoxy) is 1. The van der Waals surface area contributed by atoms with Crippen LogP contribution in [0.4, 0.5) is 0 Å². The molecule has 1 atom stereocenters. The van der Waals surface area contributed by atoms with E-state index in [9.17, 15) is 9.59 Å². The summed E-state index contributed by atoms with van der Waals surface area (Å²) in [5, 5.41) is 0. The number of esters is 2. The summed E-state index contributed by atoms with van der Waals surface area (Å²) in [6.45, 7) is 12.0. The van der Waals surface area contributed by atoms with Crippen molar-refractivity contribution in [3.8, 4) is 0 Å². The van der Waals surface area contributed by atoms with Crippen LogP contribution in [0.3, 0.4) is 0 Å². The van der Waals surface area contributed by atoms with Crippen molar-refractivity contribution in [3.05, 3.63) is 35.9 Å². The van der Waals surface area contributed by atoms with Crippen molar-refractivity contribution in [3.63, 3.8) is 0 Å². The summed E-state index contributed by atoms with van der Waals surface area (Å²) in [7, 11) is 0. The van der Waals surface area contributed by atoms with Gasteiger partial charge in [0.1, 0.15) is 0 Å². The highest BCUT2D eigenvalue weighted by molar-refractivity contribution is 5.84. The number of carbonyl (C=O) groups is 2. The highest BCUT2D eigenvalue weighted by atomic mass is 16.6. The zero-order valence-electron chi connectivity index (χ0n) is 14.6. The minimum atomic E-state index is -0.545. The minimum Gasteiger partial charge on any atom is -0.393 e. The molecule has 0 aliphatic rings. The van der Waals surface area contributed by atoms with Crippen LogP contribution in [0.5, 0.6) is 0 Å². The topological polar surface area (TPSA) is 43.4 Å². The molecule has 1 unspecified atom stereocenters. The van der Waals surface area contributed by atoms with Gasteiger partial charge in [-0.2, -0.15) is 0 Å². The molecule has 0 saturated carbocycles. The Hall–Kier alpha value is -1.64. The summed E-state index contributed by atoms with van der Waals surface area (Å²) in [6, 6.07) is 10.4. The van der Waals surface area contributed by atoms with E-state index in [2.05, 4.69) is 51.5 Å². The van der Waals surface area contributed by atoms with Gasteiger partial charge in [0.15, 0.2) is 0 Å². The molecule has 0 saturated heterocycles. The van der Waals surface area contributed by atoms with Gasteiger partial charge in [0, 0.05) is 6.92 Å². The van der Waals surface area contributed by atoms with Gasteiger partial charge in [-0.1, -0.05) is 65.0 Å². The number of benzene rings is 1. The first-order chi connectivity index (χ1) is 10.0. The second kappa shape index (κ2) is 7.08. The third-order valence-corrected chi connectivity index (χ3v) is 3.88. The van der Waals surface area contributed by atoms with E-state index in [0.717, 1.165) is 6.42 Å². The van der Waals surface area contributed by atoms with Gasteiger partial charge in [-0.05, 0) is 28.7 Å². The number of hydrogen-bond donors (Lipinski definition) is 0. The average molecular weight is 304 g/mol. The van der Waals surface area contributed by atoms with E-state index in [1.165, 1.54) is 12.5 Å². The van der Waals surface area contributed by atoms with Gasteiger partial charge in [0.2, 0.25) is 0 Å². The highest BCUT2D eigenvalue weighted by Crippen LogP contribution is 2.44. The first kappa shape index (κ1) is 18.4. The molecule has 0 heterocycles. The molecule has 3 heteroatoms. The third-order valence-electron chi connectivity index (χ3n) is 3.88. The van der Waals surface area contributed by atoms with E-state index in [-0.39, 0.29) is 17.3 Å². The monoisotopic (exact) mass is 304 g/mol. The Labute approximate surface area is 134 Å². The number of hydrogen-bond acceptors (Lipinski definition) is 3. The summed E-state index contributed by atoms with van der Waals surface area (Å²) in [5.74, 6) is -0.664. The fourth-order valence-corrected chi connectivity index (χ4v) is 2.82. The van der Waals surface area contributed by atoms with Gasteiger partial charge >= 0.3 is 11.9 Å². The summed E-state index contributed by atoms with van der Waals surface area (Å²) in [5.41, 5.74) is 1.13. The zero-order chi connectivity index (χ0) is 17.0. The molecular weight excluding hydrogens is 276 g/mol. The number of carbonyl (C=O) groups excluding carboxylic acids is 2. The lowest BCUT2D eigenvalue weighted by atomic mass is 9.68. The van der Waals surface area contributed by atoms with Crippen LogP contribution in [0.15, 0.2) is 30.3 Å². The van der Waals surface area contributed by atoms with Crippen LogP contribution in [-0.2, 0) is 14.3 Å². The molecule has 0 bridgehead atoms. The van der Waals surface area contributed by atoms with E-state index < -0.39 is 11.9 Å². The summed E-state index contributed by atoms with van der Waals surface area (Å²) in [6.07, 6.45) is 1.10. The van der Waals surface area contributed by atoms with Gasteiger partial charge in [-0.3, -0.25) is 9.59 Å². The molecular formula is C19H28O3. The van der Waals surface area contributed by atoms with E-state index in [0.29, 0.717) is 5.92 Å². The van der Waals surface area contributed by atoms with Crippen LogP contribution >= 0.6 is 0 Å². The lowest BCUT2D eigenvalue weighted by molar-refractivity contribution is -0.159. The first-order valence-electron chi connectivity index (χ1n) is 7.77. The van der Waals surface area contributed by atoms with E-state index in [1.54, 1.807) is 0 Å². The Morgan fingerprint density at radius 3 is 2.05 bits per heavy atom. The molecule has 122 valence electrons. The number of rotatable bonds is 5. The molecule has 0 aliphatic carbocycles. The molecule has 0 aromatic heterocycles. The Morgan fingerprint density at radius 1 is 1.05 bits per heavy atom. The van der Waals surface area contributed by atoms with Crippen LogP contribution in [0.2, 0.25) is 0 Å². The van der Waals surface area contributed by atoms with Crippen LogP contribution in [0.25, 0.3) is 0 Å². The molecule has 0 spiro atoms. The minimum absolute atomic E-state index is 0.0864. The van der Waals surface area contributed by atoms with Crippen LogP contribution in [0.1, 0.15) is 65.9 Å². The quantitative estimate of drug-likeness (QED) is 0.584. The highest BCUT2D eigenvalue weighted by Gasteiger charge is 2.34. The zero-order valence-corrected chi connectivity index (χ0v) is 14.6. The standard InChI is InChI=1S/C19H28O3/c1-14(20)22-17(21)13-19(5,6)12-16(18(2,3)4)15-10-8-7-9-11-15/h7-11,16H,12-13H2,1-6H3. The first-order valence-corrected chi connectivity index (χ1v) is 7.77. The molecule has 3 nitrogen and oxygen atoms in total. The van der Waals surface area contributed by atoms with Crippen molar-refractivity contribution in [1.82, 2.24) is 0 Å². The van der Waals surface area contributed by atoms with Gasteiger partial charge in [-0.15, -0.1) is 0 Å². The Bertz CT molecular complexity index is 509. The molecule has 0 aliphatic heterocycles. The lowest BCUT2D eigenvalue weighted by Crippen LogP contribution is -2.28. The normalized spacial score (nSPS) is 13.5. The van der Waals surface area contributed by atoms with E-state index in [1.807, 2.05) is 18.2 Å². The van der Waals surface area contributed by atoms with Crippen molar-refractivity contribution in [2.45, 2.75) is 60.3 Å². The van der Waals surface area contributed by atoms with Crippen LogP contribution in [0, 0.1) is 10.8 Å². The molecule has 0 amide bonds. The van der Waals surface area contributed by atoms with E-state index in [4.69, 9.17) is 0 Å². The van der Waals surface area contributed by atoms with Crippen molar-refractivity contribution < 1.29 is 14.3 Å². The summed E-state index contributed by atoms with van der Waals surface area (Å²) < 4.78 is 4.68. The maximum atomic E-state index is 11.8. The molecule has 1 aromatic carbocycles.